The van der Waals surface area contributed by atoms with Crippen LogP contribution >= 0.6 is 0 Å². The third-order valence-corrected chi connectivity index (χ3v) is 4.34. The van der Waals surface area contributed by atoms with Gasteiger partial charge in [0.1, 0.15) is 5.60 Å². The molecule has 0 radical (unpaired) electrons. The Morgan fingerprint density at radius 2 is 1.93 bits per heavy atom. The van der Waals surface area contributed by atoms with E-state index in [1.165, 1.54) is 0 Å². The van der Waals surface area contributed by atoms with Crippen molar-refractivity contribution in [3.63, 3.8) is 0 Å². The van der Waals surface area contributed by atoms with Crippen LogP contribution in [0.2, 0.25) is 0 Å². The Kier molecular flexibility index (Phi) is 3.94. The molecular weight excluding hydrogens is 338 g/mol. The number of hydrogen-bond donors (Lipinski definition) is 1. The molecular formula is C21H17N5O. The Morgan fingerprint density at radius 3 is 2.70 bits per heavy atom. The maximum Gasteiger partial charge on any atom is 0.254 e. The Hall–Kier alpha value is -3.56. The number of pyridine rings is 3. The summed E-state index contributed by atoms with van der Waals surface area (Å²) in [5, 5.41) is 10.3. The molecule has 0 saturated heterocycles. The first kappa shape index (κ1) is 16.9. The van der Waals surface area contributed by atoms with Crippen molar-refractivity contribution in [3.05, 3.63) is 78.2 Å². The average molecular weight is 355 g/mol. The van der Waals surface area contributed by atoms with Gasteiger partial charge < -0.3 is 9.95 Å². The zero-order chi connectivity index (χ0) is 19.0. The van der Waals surface area contributed by atoms with Crippen molar-refractivity contribution < 1.29 is 5.11 Å². The Balaban J connectivity index is 1.89. The summed E-state index contributed by atoms with van der Waals surface area (Å²) in [7, 11) is 0. The highest BCUT2D eigenvalue weighted by molar-refractivity contribution is 5.79. The van der Waals surface area contributed by atoms with E-state index in [4.69, 9.17) is 6.57 Å². The molecule has 0 amide bonds. The van der Waals surface area contributed by atoms with E-state index in [0.29, 0.717) is 22.9 Å². The lowest BCUT2D eigenvalue weighted by atomic mass is 10.0. The fourth-order valence-electron chi connectivity index (χ4n) is 2.96. The van der Waals surface area contributed by atoms with Gasteiger partial charge in [0.15, 0.2) is 0 Å². The van der Waals surface area contributed by atoms with Crippen molar-refractivity contribution >= 4 is 11.5 Å². The number of rotatable bonds is 3. The van der Waals surface area contributed by atoms with Gasteiger partial charge >= 0.3 is 0 Å². The molecule has 0 fully saturated rings. The van der Waals surface area contributed by atoms with Gasteiger partial charge in [-0.25, -0.2) is 14.4 Å². The first-order valence-electron chi connectivity index (χ1n) is 8.47. The van der Waals surface area contributed by atoms with Gasteiger partial charge in [-0.15, -0.1) is 0 Å². The molecule has 0 spiro atoms. The van der Waals surface area contributed by atoms with Crippen molar-refractivity contribution in [2.24, 2.45) is 0 Å². The summed E-state index contributed by atoms with van der Waals surface area (Å²) >= 11 is 0. The molecule has 0 aliphatic rings. The van der Waals surface area contributed by atoms with E-state index in [9.17, 15) is 5.11 Å². The molecule has 27 heavy (non-hydrogen) atoms. The SMILES string of the molecule is [C-]#[N+]c1cnc2ccc(-c3cccnc3-c3cccc(C(C)(C)O)n3)cn12. The molecule has 4 rings (SSSR count). The van der Waals surface area contributed by atoms with E-state index < -0.39 is 5.60 Å². The van der Waals surface area contributed by atoms with Gasteiger partial charge in [0.2, 0.25) is 5.65 Å². The van der Waals surface area contributed by atoms with Crippen LogP contribution < -0.4 is 0 Å². The number of fused-ring (bicyclic) bond motifs is 1. The maximum atomic E-state index is 10.3. The smallest absolute Gasteiger partial charge is 0.254 e. The molecule has 4 aromatic heterocycles. The molecule has 0 unspecified atom stereocenters. The predicted octanol–water partition coefficient (Wildman–Crippen LogP) is 4.24. The second kappa shape index (κ2) is 6.31. The largest absolute Gasteiger partial charge is 0.384 e. The van der Waals surface area contributed by atoms with Crippen molar-refractivity contribution in [1.82, 2.24) is 19.4 Å². The van der Waals surface area contributed by atoms with E-state index in [2.05, 4.69) is 19.8 Å². The van der Waals surface area contributed by atoms with Crippen LogP contribution in [-0.4, -0.2) is 24.5 Å². The molecule has 0 atom stereocenters. The van der Waals surface area contributed by atoms with Gasteiger partial charge in [-0.05, 0) is 38.1 Å². The Labute approximate surface area is 156 Å². The predicted molar refractivity (Wildman–Crippen MR) is 103 cm³/mol. The van der Waals surface area contributed by atoms with Gasteiger partial charge in [-0.1, -0.05) is 18.7 Å². The van der Waals surface area contributed by atoms with Gasteiger partial charge in [-0.3, -0.25) is 4.98 Å². The van der Waals surface area contributed by atoms with Gasteiger partial charge in [0.05, 0.1) is 29.5 Å². The highest BCUT2D eigenvalue weighted by atomic mass is 16.3. The summed E-state index contributed by atoms with van der Waals surface area (Å²) in [6.07, 6.45) is 5.16. The Morgan fingerprint density at radius 1 is 1.07 bits per heavy atom. The molecule has 6 heteroatoms. The zero-order valence-corrected chi connectivity index (χ0v) is 15.0. The monoisotopic (exact) mass is 355 g/mol. The molecule has 1 N–H and O–H groups in total. The van der Waals surface area contributed by atoms with Gasteiger partial charge in [0, 0.05) is 23.4 Å². The van der Waals surface area contributed by atoms with Gasteiger partial charge in [-0.2, -0.15) is 0 Å². The minimum atomic E-state index is -1.04. The van der Waals surface area contributed by atoms with Crippen LogP contribution in [0.15, 0.2) is 61.1 Å². The quantitative estimate of drug-likeness (QED) is 0.558. The number of imidazole rings is 1. The number of nitrogens with zero attached hydrogens (tertiary/aromatic N) is 5. The van der Waals surface area contributed by atoms with Crippen LogP contribution in [0.5, 0.6) is 0 Å². The lowest BCUT2D eigenvalue weighted by molar-refractivity contribution is 0.0740. The fraction of sp³-hybridized carbons (Fsp3) is 0.143. The molecule has 0 aliphatic heterocycles. The minimum Gasteiger partial charge on any atom is -0.384 e. The van der Waals surface area contributed by atoms with Crippen LogP contribution in [0.1, 0.15) is 19.5 Å². The summed E-state index contributed by atoms with van der Waals surface area (Å²) in [6, 6.07) is 13.2. The number of hydrogen-bond acceptors (Lipinski definition) is 4. The third-order valence-electron chi connectivity index (χ3n) is 4.34. The lowest BCUT2D eigenvalue weighted by Gasteiger charge is -2.17. The molecule has 4 heterocycles. The minimum absolute atomic E-state index is 0.458. The molecule has 132 valence electrons. The topological polar surface area (TPSA) is 67.7 Å². The summed E-state index contributed by atoms with van der Waals surface area (Å²) < 4.78 is 1.76. The molecule has 4 aromatic rings. The maximum absolute atomic E-state index is 10.3. The molecule has 0 aliphatic carbocycles. The fourth-order valence-corrected chi connectivity index (χ4v) is 2.96. The standard InChI is InChI=1S/C21H17N5O/c1-21(2,27)17-8-4-7-16(25-17)20-15(6-5-11-23-20)14-9-10-18-24-12-19(22-3)26(18)13-14/h4-13,27H,1-2H3. The van der Waals surface area contributed by atoms with Gasteiger partial charge in [0.25, 0.3) is 5.82 Å². The van der Waals surface area contributed by atoms with E-state index >= 15 is 0 Å². The first-order valence-corrected chi connectivity index (χ1v) is 8.47. The number of aliphatic hydroxyl groups is 1. The summed E-state index contributed by atoms with van der Waals surface area (Å²) in [4.78, 5) is 16.9. The summed E-state index contributed by atoms with van der Waals surface area (Å²) in [5.74, 6) is 0.458. The molecule has 0 saturated carbocycles. The van der Waals surface area contributed by atoms with Crippen molar-refractivity contribution in [1.29, 1.82) is 0 Å². The summed E-state index contributed by atoms with van der Waals surface area (Å²) in [5.41, 5.74) is 3.46. The highest BCUT2D eigenvalue weighted by Gasteiger charge is 2.19. The zero-order valence-electron chi connectivity index (χ0n) is 15.0. The van der Waals surface area contributed by atoms with Crippen LogP contribution in [0.25, 0.3) is 33.0 Å². The van der Waals surface area contributed by atoms with Crippen molar-refractivity contribution in [3.8, 4) is 22.5 Å². The Bertz CT molecular complexity index is 1180. The number of aromatic nitrogens is 4. The van der Waals surface area contributed by atoms with E-state index in [1.54, 1.807) is 36.7 Å². The van der Waals surface area contributed by atoms with E-state index in [1.807, 2.05) is 42.6 Å². The van der Waals surface area contributed by atoms with Crippen LogP contribution in [0, 0.1) is 6.57 Å². The van der Waals surface area contributed by atoms with Crippen LogP contribution in [0.4, 0.5) is 5.82 Å². The average Bonchev–Trinajstić information content (AvgIpc) is 3.10. The van der Waals surface area contributed by atoms with Crippen LogP contribution in [-0.2, 0) is 5.60 Å². The molecule has 0 aromatic carbocycles. The van der Waals surface area contributed by atoms with E-state index in [0.717, 1.165) is 16.8 Å². The van der Waals surface area contributed by atoms with E-state index in [-0.39, 0.29) is 0 Å². The van der Waals surface area contributed by atoms with Crippen LogP contribution in [0.3, 0.4) is 0 Å². The third kappa shape index (κ3) is 3.05. The highest BCUT2D eigenvalue weighted by Crippen LogP contribution is 2.31. The molecule has 0 bridgehead atoms. The van der Waals surface area contributed by atoms with Crippen molar-refractivity contribution in [2.45, 2.75) is 19.4 Å². The first-order chi connectivity index (χ1) is 13.0. The van der Waals surface area contributed by atoms with Crippen molar-refractivity contribution in [2.75, 3.05) is 0 Å². The molecule has 6 nitrogen and oxygen atoms in total. The lowest BCUT2D eigenvalue weighted by Crippen LogP contribution is -2.17. The summed E-state index contributed by atoms with van der Waals surface area (Å²) in [6.45, 7) is 10.7. The normalized spacial score (nSPS) is 11.5. The second-order valence-corrected chi connectivity index (χ2v) is 6.74. The second-order valence-electron chi connectivity index (χ2n) is 6.74.